The Morgan fingerprint density at radius 3 is 2.54 bits per heavy atom. The minimum Gasteiger partial charge on any atom is -0.482 e. The normalized spacial score (nSPS) is 14.6. The average molecular weight is 374 g/mol. The van der Waals surface area contributed by atoms with Gasteiger partial charge in [-0.3, -0.25) is 9.59 Å². The number of hydrogen-bond donors (Lipinski definition) is 2. The Kier molecular flexibility index (Phi) is 4.69. The molecule has 0 unspecified atom stereocenters. The van der Waals surface area contributed by atoms with Crippen molar-refractivity contribution in [3.8, 4) is 5.75 Å². The summed E-state index contributed by atoms with van der Waals surface area (Å²) >= 11 is 0. The minimum atomic E-state index is -3.26. The molecule has 136 valence electrons. The van der Waals surface area contributed by atoms with E-state index < -0.39 is 9.84 Å². The molecule has 1 aliphatic heterocycles. The molecule has 2 aromatic carbocycles. The van der Waals surface area contributed by atoms with Gasteiger partial charge in [0.05, 0.1) is 16.6 Å². The van der Waals surface area contributed by atoms with Gasteiger partial charge in [0.2, 0.25) is 0 Å². The summed E-state index contributed by atoms with van der Waals surface area (Å²) < 4.78 is 28.3. The third-order valence-corrected chi connectivity index (χ3v) is 5.16. The van der Waals surface area contributed by atoms with Gasteiger partial charge in [-0.2, -0.15) is 0 Å². The number of amides is 2. The number of nitrogens with one attached hydrogen (secondary N) is 2. The average Bonchev–Trinajstić information content (AvgIpc) is 2.60. The maximum Gasteiger partial charge on any atom is 0.262 e. The second-order valence-electron chi connectivity index (χ2n) is 6.08. The van der Waals surface area contributed by atoms with E-state index in [1.165, 1.54) is 12.1 Å². The van der Waals surface area contributed by atoms with Gasteiger partial charge < -0.3 is 15.4 Å². The number of benzene rings is 2. The first-order valence-electron chi connectivity index (χ1n) is 7.91. The third-order valence-electron chi connectivity index (χ3n) is 4.03. The maximum absolute atomic E-state index is 12.5. The Balaban J connectivity index is 1.72. The number of hydrogen-bond acceptors (Lipinski definition) is 5. The first-order valence-corrected chi connectivity index (χ1v) is 9.81. The molecule has 0 aromatic heterocycles. The molecule has 0 fully saturated rings. The lowest BCUT2D eigenvalue weighted by Gasteiger charge is -2.19. The highest BCUT2D eigenvalue weighted by Crippen LogP contribution is 2.28. The fourth-order valence-electron chi connectivity index (χ4n) is 2.58. The SMILES string of the molecule is C[C@H](NC(=O)c1ccc2c(c1)OCC(=O)N2)c1ccc(S(C)(=O)=O)cc1. The van der Waals surface area contributed by atoms with Crippen molar-refractivity contribution in [2.75, 3.05) is 18.2 Å². The molecule has 0 spiro atoms. The van der Waals surface area contributed by atoms with E-state index in [4.69, 9.17) is 4.74 Å². The van der Waals surface area contributed by atoms with Crippen LogP contribution >= 0.6 is 0 Å². The fourth-order valence-corrected chi connectivity index (χ4v) is 3.21. The van der Waals surface area contributed by atoms with E-state index in [0.717, 1.165) is 11.8 Å². The fraction of sp³-hybridized carbons (Fsp3) is 0.222. The molecule has 0 bridgehead atoms. The Hall–Kier alpha value is -2.87. The smallest absolute Gasteiger partial charge is 0.262 e. The van der Waals surface area contributed by atoms with E-state index in [1.807, 2.05) is 6.92 Å². The summed E-state index contributed by atoms with van der Waals surface area (Å²) in [5, 5.41) is 5.52. The summed E-state index contributed by atoms with van der Waals surface area (Å²) in [7, 11) is -3.26. The molecule has 0 saturated heterocycles. The molecular weight excluding hydrogens is 356 g/mol. The van der Waals surface area contributed by atoms with Crippen molar-refractivity contribution in [1.29, 1.82) is 0 Å². The Bertz CT molecular complexity index is 968. The summed E-state index contributed by atoms with van der Waals surface area (Å²) in [6.45, 7) is 1.73. The van der Waals surface area contributed by atoms with Crippen molar-refractivity contribution in [3.63, 3.8) is 0 Å². The van der Waals surface area contributed by atoms with Crippen LogP contribution in [0, 0.1) is 0 Å². The van der Waals surface area contributed by atoms with Crippen molar-refractivity contribution in [3.05, 3.63) is 53.6 Å². The van der Waals surface area contributed by atoms with Gasteiger partial charge in [-0.15, -0.1) is 0 Å². The number of ether oxygens (including phenoxy) is 1. The molecule has 1 heterocycles. The van der Waals surface area contributed by atoms with Crippen LogP contribution in [0.5, 0.6) is 5.75 Å². The maximum atomic E-state index is 12.5. The standard InChI is InChI=1S/C18H18N2O5S/c1-11(12-3-6-14(7-4-12)26(2,23)24)19-18(22)13-5-8-15-16(9-13)25-10-17(21)20-15/h3-9,11H,10H2,1-2H3,(H,19,22)(H,20,21)/t11-/m0/s1. The van der Waals surface area contributed by atoms with Crippen LogP contribution in [0.15, 0.2) is 47.4 Å². The zero-order valence-corrected chi connectivity index (χ0v) is 15.1. The number of sulfone groups is 1. The summed E-state index contributed by atoms with van der Waals surface area (Å²) in [4.78, 5) is 24.0. The summed E-state index contributed by atoms with van der Waals surface area (Å²) in [5.41, 5.74) is 1.72. The van der Waals surface area contributed by atoms with Crippen molar-refractivity contribution in [1.82, 2.24) is 5.32 Å². The highest BCUT2D eigenvalue weighted by molar-refractivity contribution is 7.90. The zero-order chi connectivity index (χ0) is 18.9. The minimum absolute atomic E-state index is 0.0822. The molecule has 7 nitrogen and oxygen atoms in total. The van der Waals surface area contributed by atoms with Gasteiger partial charge in [0.1, 0.15) is 5.75 Å². The summed E-state index contributed by atoms with van der Waals surface area (Å²) in [6.07, 6.45) is 1.15. The van der Waals surface area contributed by atoms with E-state index in [9.17, 15) is 18.0 Å². The zero-order valence-electron chi connectivity index (χ0n) is 14.3. The molecule has 26 heavy (non-hydrogen) atoms. The molecule has 2 amide bonds. The van der Waals surface area contributed by atoms with Crippen LogP contribution in [0.4, 0.5) is 5.69 Å². The Morgan fingerprint density at radius 2 is 1.88 bits per heavy atom. The van der Waals surface area contributed by atoms with Crippen molar-refractivity contribution in [2.24, 2.45) is 0 Å². The number of fused-ring (bicyclic) bond motifs is 1. The molecule has 2 N–H and O–H groups in total. The van der Waals surface area contributed by atoms with Crippen molar-refractivity contribution in [2.45, 2.75) is 17.9 Å². The molecule has 3 rings (SSSR count). The van der Waals surface area contributed by atoms with Crippen LogP contribution < -0.4 is 15.4 Å². The second kappa shape index (κ2) is 6.80. The Labute approximate surface area is 151 Å². The van der Waals surface area contributed by atoms with E-state index in [2.05, 4.69) is 10.6 Å². The van der Waals surface area contributed by atoms with Gasteiger partial charge >= 0.3 is 0 Å². The number of rotatable bonds is 4. The van der Waals surface area contributed by atoms with Crippen LogP contribution in [0.1, 0.15) is 28.9 Å². The summed E-state index contributed by atoms with van der Waals surface area (Å²) in [5.74, 6) is -0.0868. The first-order chi connectivity index (χ1) is 12.2. The lowest BCUT2D eigenvalue weighted by Crippen LogP contribution is -2.28. The molecular formula is C18H18N2O5S. The van der Waals surface area contributed by atoms with Gasteiger partial charge in [0, 0.05) is 11.8 Å². The quantitative estimate of drug-likeness (QED) is 0.851. The second-order valence-corrected chi connectivity index (χ2v) is 8.10. The van der Waals surface area contributed by atoms with E-state index in [0.29, 0.717) is 17.0 Å². The first kappa shape index (κ1) is 17.9. The van der Waals surface area contributed by atoms with Crippen molar-refractivity contribution < 1.29 is 22.7 Å². The highest BCUT2D eigenvalue weighted by atomic mass is 32.2. The van der Waals surface area contributed by atoms with E-state index in [-0.39, 0.29) is 29.4 Å². The van der Waals surface area contributed by atoms with Crippen LogP contribution in [-0.4, -0.2) is 33.1 Å². The molecule has 1 aliphatic rings. The van der Waals surface area contributed by atoms with Crippen LogP contribution in [0.3, 0.4) is 0 Å². The summed E-state index contributed by atoms with van der Waals surface area (Å²) in [6, 6.07) is 10.9. The third kappa shape index (κ3) is 3.85. The van der Waals surface area contributed by atoms with Gasteiger partial charge in [0.25, 0.3) is 11.8 Å². The molecule has 8 heteroatoms. The predicted octanol–water partition coefficient (Wildman–Crippen LogP) is 1.91. The topological polar surface area (TPSA) is 102 Å². The van der Waals surface area contributed by atoms with Gasteiger partial charge in [0.15, 0.2) is 16.4 Å². The molecule has 2 aromatic rings. The van der Waals surface area contributed by atoms with Gasteiger partial charge in [-0.05, 0) is 42.8 Å². The monoisotopic (exact) mass is 374 g/mol. The van der Waals surface area contributed by atoms with Crippen LogP contribution in [0.25, 0.3) is 0 Å². The van der Waals surface area contributed by atoms with Crippen molar-refractivity contribution >= 4 is 27.3 Å². The number of anilines is 1. The van der Waals surface area contributed by atoms with E-state index in [1.54, 1.807) is 30.3 Å². The van der Waals surface area contributed by atoms with Crippen LogP contribution in [-0.2, 0) is 14.6 Å². The lowest BCUT2D eigenvalue weighted by molar-refractivity contribution is -0.118. The van der Waals surface area contributed by atoms with Gasteiger partial charge in [-0.25, -0.2) is 8.42 Å². The largest absolute Gasteiger partial charge is 0.482 e. The van der Waals surface area contributed by atoms with Crippen LogP contribution in [0.2, 0.25) is 0 Å². The number of carbonyl (C=O) groups excluding carboxylic acids is 2. The molecule has 0 aliphatic carbocycles. The molecule has 0 radical (unpaired) electrons. The predicted molar refractivity (Wildman–Crippen MR) is 96.0 cm³/mol. The van der Waals surface area contributed by atoms with E-state index >= 15 is 0 Å². The van der Waals surface area contributed by atoms with Gasteiger partial charge in [-0.1, -0.05) is 12.1 Å². The lowest BCUT2D eigenvalue weighted by atomic mass is 10.1. The molecule has 1 atom stereocenters. The highest BCUT2D eigenvalue weighted by Gasteiger charge is 2.19. The molecule has 0 saturated carbocycles. The number of carbonyl (C=O) groups is 2. The Morgan fingerprint density at radius 1 is 1.19 bits per heavy atom.